The van der Waals surface area contributed by atoms with E-state index < -0.39 is 0 Å². The molecular weight excluding hydrogens is 362 g/mol. The van der Waals surface area contributed by atoms with Crippen molar-refractivity contribution in [3.8, 4) is 17.0 Å². The average Bonchev–Trinajstić information content (AvgIpc) is 3.22. The third-order valence-electron chi connectivity index (χ3n) is 4.81. The molecule has 1 amide bonds. The number of ether oxygens (including phenoxy) is 1. The molecule has 0 aliphatic rings. The second-order valence-corrected chi connectivity index (χ2v) is 7.20. The van der Waals surface area contributed by atoms with Gasteiger partial charge in [0, 0.05) is 6.42 Å². The molecule has 0 aliphatic heterocycles. The lowest BCUT2D eigenvalue weighted by atomic mass is 10.1. The lowest BCUT2D eigenvalue weighted by Crippen LogP contribution is -2.28. The predicted octanol–water partition coefficient (Wildman–Crippen LogP) is 5.20. The summed E-state index contributed by atoms with van der Waals surface area (Å²) in [5, 5.41) is 3.09. The number of imidazole rings is 1. The largest absolute Gasteiger partial charge is 0.494 e. The Hall–Kier alpha value is -3.08. The molecule has 2 N–H and O–H groups in total. The highest BCUT2D eigenvalue weighted by Crippen LogP contribution is 2.20. The number of carbonyl (C=O) groups is 1. The first-order valence-corrected chi connectivity index (χ1v) is 10.2. The van der Waals surface area contributed by atoms with Crippen LogP contribution in [0.5, 0.6) is 5.75 Å². The zero-order valence-corrected chi connectivity index (χ0v) is 17.2. The van der Waals surface area contributed by atoms with Gasteiger partial charge < -0.3 is 15.0 Å². The third kappa shape index (κ3) is 6.21. The van der Waals surface area contributed by atoms with E-state index >= 15 is 0 Å². The van der Waals surface area contributed by atoms with Crippen LogP contribution in [0.2, 0.25) is 0 Å². The van der Waals surface area contributed by atoms with Gasteiger partial charge in [-0.05, 0) is 49.4 Å². The predicted molar refractivity (Wildman–Crippen MR) is 116 cm³/mol. The van der Waals surface area contributed by atoms with E-state index in [0.29, 0.717) is 13.0 Å². The van der Waals surface area contributed by atoms with Crippen LogP contribution in [0, 0.1) is 6.92 Å². The number of rotatable bonds is 10. The van der Waals surface area contributed by atoms with E-state index in [2.05, 4.69) is 15.3 Å². The van der Waals surface area contributed by atoms with E-state index in [1.54, 1.807) is 0 Å². The van der Waals surface area contributed by atoms with Gasteiger partial charge in [0.25, 0.3) is 0 Å². The van der Waals surface area contributed by atoms with E-state index in [-0.39, 0.29) is 11.9 Å². The van der Waals surface area contributed by atoms with Gasteiger partial charge in [0.1, 0.15) is 11.6 Å². The number of H-pyrrole nitrogens is 1. The number of amides is 1. The van der Waals surface area contributed by atoms with Crippen LogP contribution >= 0.6 is 0 Å². The van der Waals surface area contributed by atoms with E-state index in [0.717, 1.165) is 42.1 Å². The molecule has 0 fully saturated rings. The molecule has 3 aromatic rings. The van der Waals surface area contributed by atoms with E-state index in [1.807, 2.05) is 74.6 Å². The van der Waals surface area contributed by atoms with Gasteiger partial charge in [0.15, 0.2) is 0 Å². The maximum Gasteiger partial charge on any atom is 0.220 e. The molecule has 1 atom stereocenters. The number of aromatic nitrogens is 2. The molecule has 0 aliphatic carbocycles. The second-order valence-electron chi connectivity index (χ2n) is 7.20. The van der Waals surface area contributed by atoms with Crippen molar-refractivity contribution in [2.24, 2.45) is 0 Å². The summed E-state index contributed by atoms with van der Waals surface area (Å²) in [4.78, 5) is 20.2. The molecule has 2 aromatic carbocycles. The normalized spacial score (nSPS) is 11.8. The summed E-state index contributed by atoms with van der Waals surface area (Å²) in [6.07, 6.45) is 4.73. The summed E-state index contributed by atoms with van der Waals surface area (Å²) >= 11 is 0. The van der Waals surface area contributed by atoms with Gasteiger partial charge in [0.2, 0.25) is 5.91 Å². The van der Waals surface area contributed by atoms with Crippen LogP contribution < -0.4 is 10.1 Å². The van der Waals surface area contributed by atoms with Crippen molar-refractivity contribution in [1.82, 2.24) is 15.3 Å². The first-order valence-electron chi connectivity index (χ1n) is 10.2. The molecule has 0 bridgehead atoms. The van der Waals surface area contributed by atoms with Crippen LogP contribution in [-0.4, -0.2) is 22.5 Å². The Bertz CT molecular complexity index is 905. The molecule has 0 saturated carbocycles. The number of aromatic amines is 1. The molecule has 1 aromatic heterocycles. The fourth-order valence-electron chi connectivity index (χ4n) is 3.19. The van der Waals surface area contributed by atoms with Gasteiger partial charge in [-0.1, -0.05) is 49.4 Å². The fourth-order valence-corrected chi connectivity index (χ4v) is 3.19. The Kier molecular flexibility index (Phi) is 7.45. The highest BCUT2D eigenvalue weighted by molar-refractivity contribution is 5.76. The SMILES string of the molecule is CCC(NC(=O)CCCCOc1cccc(C)c1)c1ncc(-c2ccccc2)[nH]1. The Labute approximate surface area is 172 Å². The molecule has 0 spiro atoms. The minimum Gasteiger partial charge on any atom is -0.494 e. The zero-order valence-electron chi connectivity index (χ0n) is 17.2. The molecule has 0 radical (unpaired) electrons. The molecule has 5 nitrogen and oxygen atoms in total. The summed E-state index contributed by atoms with van der Waals surface area (Å²) in [5.74, 6) is 1.72. The van der Waals surface area contributed by atoms with Crippen molar-refractivity contribution in [2.75, 3.05) is 6.61 Å². The van der Waals surface area contributed by atoms with Gasteiger partial charge in [-0.2, -0.15) is 0 Å². The van der Waals surface area contributed by atoms with Crippen LogP contribution in [0.25, 0.3) is 11.3 Å². The van der Waals surface area contributed by atoms with Crippen molar-refractivity contribution in [3.63, 3.8) is 0 Å². The molecule has 29 heavy (non-hydrogen) atoms. The third-order valence-corrected chi connectivity index (χ3v) is 4.81. The number of hydrogen-bond donors (Lipinski definition) is 2. The highest BCUT2D eigenvalue weighted by Gasteiger charge is 2.16. The first-order chi connectivity index (χ1) is 14.2. The van der Waals surface area contributed by atoms with E-state index in [1.165, 1.54) is 5.56 Å². The molecule has 5 heteroatoms. The van der Waals surface area contributed by atoms with Crippen LogP contribution in [0.3, 0.4) is 0 Å². The number of unbranched alkanes of at least 4 members (excludes halogenated alkanes) is 1. The Morgan fingerprint density at radius 1 is 1.14 bits per heavy atom. The Morgan fingerprint density at radius 3 is 2.72 bits per heavy atom. The van der Waals surface area contributed by atoms with Crippen molar-refractivity contribution in [3.05, 3.63) is 72.2 Å². The molecule has 0 saturated heterocycles. The van der Waals surface area contributed by atoms with Crippen LogP contribution in [0.1, 0.15) is 50.0 Å². The van der Waals surface area contributed by atoms with Gasteiger partial charge in [-0.25, -0.2) is 4.98 Å². The van der Waals surface area contributed by atoms with Crippen molar-refractivity contribution in [2.45, 2.75) is 45.6 Å². The standard InChI is InChI=1S/C24H29N3O2/c1-3-21(24-25-17-22(27-24)19-11-5-4-6-12-19)26-23(28)14-7-8-15-29-20-13-9-10-18(2)16-20/h4-6,9-13,16-17,21H,3,7-8,14-15H2,1-2H3,(H,25,27)(H,26,28). The number of benzene rings is 2. The molecule has 3 rings (SSSR count). The molecule has 1 heterocycles. The fraction of sp³-hybridized carbons (Fsp3) is 0.333. The van der Waals surface area contributed by atoms with Gasteiger partial charge >= 0.3 is 0 Å². The van der Waals surface area contributed by atoms with E-state index in [9.17, 15) is 4.79 Å². The summed E-state index contributed by atoms with van der Waals surface area (Å²) in [6.45, 7) is 4.71. The lowest BCUT2D eigenvalue weighted by molar-refractivity contribution is -0.122. The second kappa shape index (κ2) is 10.5. The molecule has 152 valence electrons. The van der Waals surface area contributed by atoms with E-state index in [4.69, 9.17) is 4.74 Å². The lowest BCUT2D eigenvalue weighted by Gasteiger charge is -2.15. The minimum absolute atomic E-state index is 0.0464. The highest BCUT2D eigenvalue weighted by atomic mass is 16.5. The number of carbonyl (C=O) groups excluding carboxylic acids is 1. The quantitative estimate of drug-likeness (QED) is 0.467. The smallest absolute Gasteiger partial charge is 0.220 e. The minimum atomic E-state index is -0.108. The summed E-state index contributed by atoms with van der Waals surface area (Å²) in [7, 11) is 0. The summed E-state index contributed by atoms with van der Waals surface area (Å²) in [5.41, 5.74) is 3.23. The monoisotopic (exact) mass is 391 g/mol. The number of nitrogens with one attached hydrogen (secondary N) is 2. The molecular formula is C24H29N3O2. The van der Waals surface area contributed by atoms with Gasteiger partial charge in [0.05, 0.1) is 24.5 Å². The number of hydrogen-bond acceptors (Lipinski definition) is 3. The van der Waals surface area contributed by atoms with Gasteiger partial charge in [-0.15, -0.1) is 0 Å². The summed E-state index contributed by atoms with van der Waals surface area (Å²) < 4.78 is 5.74. The summed E-state index contributed by atoms with van der Waals surface area (Å²) in [6, 6.07) is 18.0. The maximum atomic E-state index is 12.3. The van der Waals surface area contributed by atoms with Gasteiger partial charge in [-0.3, -0.25) is 4.79 Å². The van der Waals surface area contributed by atoms with Crippen molar-refractivity contribution in [1.29, 1.82) is 0 Å². The average molecular weight is 392 g/mol. The maximum absolute atomic E-state index is 12.3. The first kappa shape index (κ1) is 20.6. The van der Waals surface area contributed by atoms with Crippen molar-refractivity contribution >= 4 is 5.91 Å². The number of aryl methyl sites for hydroxylation is 1. The zero-order chi connectivity index (χ0) is 20.5. The number of nitrogens with zero attached hydrogens (tertiary/aromatic N) is 1. The van der Waals surface area contributed by atoms with Crippen molar-refractivity contribution < 1.29 is 9.53 Å². The van der Waals surface area contributed by atoms with Crippen LogP contribution in [-0.2, 0) is 4.79 Å². The van der Waals surface area contributed by atoms with Crippen LogP contribution in [0.15, 0.2) is 60.8 Å². The Morgan fingerprint density at radius 2 is 1.97 bits per heavy atom. The van der Waals surface area contributed by atoms with Crippen LogP contribution in [0.4, 0.5) is 0 Å². The Balaban J connectivity index is 1.42. The molecule has 1 unspecified atom stereocenters. The topological polar surface area (TPSA) is 67.0 Å².